The summed E-state index contributed by atoms with van der Waals surface area (Å²) in [7, 11) is 0. The maximum absolute atomic E-state index is 8.78. The van der Waals surface area contributed by atoms with Crippen LogP contribution in [0, 0.1) is 0 Å². The summed E-state index contributed by atoms with van der Waals surface area (Å²) in [6, 6.07) is 0. The molecule has 0 aliphatic carbocycles. The molecule has 0 saturated heterocycles. The van der Waals surface area contributed by atoms with Gasteiger partial charge in [0.2, 0.25) is 5.89 Å². The molecule has 4 nitrogen and oxygen atoms in total. The van der Waals surface area contributed by atoms with Crippen LogP contribution in [0.15, 0.2) is 4.52 Å². The van der Waals surface area contributed by atoms with Gasteiger partial charge in [0.1, 0.15) is 0 Å². The molecule has 1 rings (SSSR count). The average molecular weight is 202 g/mol. The smallest absolute Gasteiger partial charge is 0.226 e. The maximum atomic E-state index is 8.78. The van der Waals surface area contributed by atoms with Gasteiger partial charge in [0.15, 0.2) is 5.82 Å². The minimum absolute atomic E-state index is 0.184. The van der Waals surface area contributed by atoms with Gasteiger partial charge in [0.05, 0.1) is 12.4 Å². The molecular weight excluding hydrogens is 188 g/mol. The van der Waals surface area contributed by atoms with E-state index < -0.39 is 0 Å². The number of nitrogens with zero attached hydrogens (tertiary/aromatic N) is 2. The number of aryl methyl sites for hydroxylation is 1. The molecule has 5 heteroatoms. The predicted octanol–water partition coefficient (Wildman–Crippen LogP) is 1.25. The number of rotatable bonds is 5. The van der Waals surface area contributed by atoms with Gasteiger partial charge >= 0.3 is 0 Å². The van der Waals surface area contributed by atoms with E-state index in [-0.39, 0.29) is 11.9 Å². The van der Waals surface area contributed by atoms with Crippen LogP contribution < -0.4 is 0 Å². The average Bonchev–Trinajstić information content (AvgIpc) is 2.61. The highest BCUT2D eigenvalue weighted by atomic mass is 32.2. The summed E-state index contributed by atoms with van der Waals surface area (Å²) in [5, 5.41) is 12.8. The highest BCUT2D eigenvalue weighted by molar-refractivity contribution is 7.99. The van der Waals surface area contributed by atoms with Gasteiger partial charge in [0.25, 0.3) is 0 Å². The Morgan fingerprint density at radius 1 is 1.62 bits per heavy atom. The summed E-state index contributed by atoms with van der Waals surface area (Å²) in [5.74, 6) is 2.08. The van der Waals surface area contributed by atoms with E-state index >= 15 is 0 Å². The monoisotopic (exact) mass is 202 g/mol. The number of hydrogen-bond donors (Lipinski definition) is 1. The van der Waals surface area contributed by atoms with Gasteiger partial charge in [-0.1, -0.05) is 19.0 Å². The van der Waals surface area contributed by atoms with Crippen molar-refractivity contribution in [2.45, 2.75) is 31.3 Å². The van der Waals surface area contributed by atoms with Gasteiger partial charge in [0, 0.05) is 11.7 Å². The molecule has 0 aromatic carbocycles. The highest BCUT2D eigenvalue weighted by Crippen LogP contribution is 2.14. The number of aromatic nitrogens is 2. The molecule has 0 unspecified atom stereocenters. The van der Waals surface area contributed by atoms with Crippen molar-refractivity contribution in [2.75, 3.05) is 6.61 Å². The molecule has 74 valence electrons. The van der Waals surface area contributed by atoms with Crippen molar-refractivity contribution in [3.8, 4) is 0 Å². The summed E-state index contributed by atoms with van der Waals surface area (Å²) in [5.41, 5.74) is 0. The van der Waals surface area contributed by atoms with E-state index in [0.717, 1.165) is 6.42 Å². The van der Waals surface area contributed by atoms with E-state index in [1.54, 1.807) is 11.8 Å². The van der Waals surface area contributed by atoms with Crippen molar-refractivity contribution < 1.29 is 9.63 Å². The van der Waals surface area contributed by atoms with Crippen LogP contribution in [0.3, 0.4) is 0 Å². The van der Waals surface area contributed by atoms with Crippen molar-refractivity contribution in [2.24, 2.45) is 0 Å². The molecule has 1 heterocycles. The van der Waals surface area contributed by atoms with Crippen molar-refractivity contribution >= 4 is 11.8 Å². The lowest BCUT2D eigenvalue weighted by Crippen LogP contribution is -2.02. The van der Waals surface area contributed by atoms with E-state index in [2.05, 4.69) is 10.1 Å². The molecule has 1 atom stereocenters. The third-order valence-electron chi connectivity index (χ3n) is 1.57. The first kappa shape index (κ1) is 10.5. The molecule has 1 aromatic rings. The molecular formula is C8H14N2O2S. The fraction of sp³-hybridized carbons (Fsp3) is 0.750. The summed E-state index contributed by atoms with van der Waals surface area (Å²) < 4.78 is 4.94. The number of aliphatic hydroxyl groups is 1. The van der Waals surface area contributed by atoms with Gasteiger partial charge in [-0.3, -0.25) is 0 Å². The third kappa shape index (κ3) is 3.36. The van der Waals surface area contributed by atoms with Crippen molar-refractivity contribution in [3.05, 3.63) is 11.7 Å². The third-order valence-corrected chi connectivity index (χ3v) is 2.71. The first-order valence-corrected chi connectivity index (χ1v) is 5.35. The molecule has 1 N–H and O–H groups in total. The van der Waals surface area contributed by atoms with Crippen LogP contribution in [-0.4, -0.2) is 27.1 Å². The summed E-state index contributed by atoms with van der Waals surface area (Å²) >= 11 is 1.62. The number of aliphatic hydroxyl groups excluding tert-OH is 1. The number of hydrogen-bond acceptors (Lipinski definition) is 5. The summed E-state index contributed by atoms with van der Waals surface area (Å²) in [6.07, 6.45) is 0.771. The van der Waals surface area contributed by atoms with Gasteiger partial charge in [-0.2, -0.15) is 4.98 Å². The largest absolute Gasteiger partial charge is 0.395 e. The van der Waals surface area contributed by atoms with Crippen LogP contribution in [0.25, 0.3) is 0 Å². The molecule has 0 bridgehead atoms. The van der Waals surface area contributed by atoms with Crippen LogP contribution in [-0.2, 0) is 12.2 Å². The Balaban J connectivity index is 2.36. The minimum atomic E-state index is 0.184. The lowest BCUT2D eigenvalue weighted by Gasteiger charge is -2.03. The van der Waals surface area contributed by atoms with Crippen molar-refractivity contribution in [3.63, 3.8) is 0 Å². The normalized spacial score (nSPS) is 13.2. The van der Waals surface area contributed by atoms with Gasteiger partial charge < -0.3 is 9.63 Å². The zero-order chi connectivity index (χ0) is 9.68. The molecule has 0 amide bonds. The summed E-state index contributed by atoms with van der Waals surface area (Å²) in [4.78, 5) is 4.15. The number of thioether (sulfide) groups is 1. The van der Waals surface area contributed by atoms with Gasteiger partial charge in [-0.15, -0.1) is 11.8 Å². The van der Waals surface area contributed by atoms with Crippen LogP contribution in [0.2, 0.25) is 0 Å². The van der Waals surface area contributed by atoms with Crippen LogP contribution in [0.4, 0.5) is 0 Å². The van der Waals surface area contributed by atoms with E-state index in [4.69, 9.17) is 9.63 Å². The van der Waals surface area contributed by atoms with E-state index in [1.165, 1.54) is 0 Å². The van der Waals surface area contributed by atoms with E-state index in [9.17, 15) is 0 Å². The first-order valence-electron chi connectivity index (χ1n) is 4.30. The Bertz CT molecular complexity index is 252. The molecule has 0 saturated carbocycles. The topological polar surface area (TPSA) is 59.2 Å². The Labute approximate surface area is 81.7 Å². The van der Waals surface area contributed by atoms with Crippen LogP contribution >= 0.6 is 11.8 Å². The Kier molecular flexibility index (Phi) is 4.24. The molecule has 0 aliphatic heterocycles. The highest BCUT2D eigenvalue weighted by Gasteiger charge is 2.06. The molecule has 0 radical (unpaired) electrons. The Morgan fingerprint density at radius 2 is 2.38 bits per heavy atom. The second-order valence-electron chi connectivity index (χ2n) is 2.76. The molecule has 13 heavy (non-hydrogen) atoms. The Morgan fingerprint density at radius 3 is 2.92 bits per heavy atom. The molecule has 0 spiro atoms. The second-order valence-corrected chi connectivity index (χ2v) is 4.19. The fourth-order valence-electron chi connectivity index (χ4n) is 0.762. The lowest BCUT2D eigenvalue weighted by molar-refractivity contribution is 0.300. The standard InChI is InChI=1S/C8H14N2O2S/c1-3-8-9-7(10-12-8)5-13-6(2)4-11/h6,11H,3-5H2,1-2H3/t6-/m0/s1. The van der Waals surface area contributed by atoms with E-state index in [1.807, 2.05) is 13.8 Å². The lowest BCUT2D eigenvalue weighted by atomic mass is 10.5. The fourth-order valence-corrected chi connectivity index (χ4v) is 1.42. The zero-order valence-corrected chi connectivity index (χ0v) is 8.67. The zero-order valence-electron chi connectivity index (χ0n) is 7.86. The molecule has 0 fully saturated rings. The van der Waals surface area contributed by atoms with Gasteiger partial charge in [-0.25, -0.2) is 0 Å². The van der Waals surface area contributed by atoms with Crippen LogP contribution in [0.1, 0.15) is 25.6 Å². The van der Waals surface area contributed by atoms with E-state index in [0.29, 0.717) is 17.5 Å². The maximum Gasteiger partial charge on any atom is 0.226 e. The second kappa shape index (κ2) is 5.24. The Hall–Kier alpha value is -0.550. The SMILES string of the molecule is CCc1nc(CS[C@@H](C)CO)no1. The quantitative estimate of drug-likeness (QED) is 0.778. The van der Waals surface area contributed by atoms with Gasteiger partial charge in [-0.05, 0) is 0 Å². The van der Waals surface area contributed by atoms with Crippen molar-refractivity contribution in [1.29, 1.82) is 0 Å². The first-order chi connectivity index (χ1) is 6.26. The molecule has 1 aromatic heterocycles. The predicted molar refractivity (Wildman–Crippen MR) is 51.5 cm³/mol. The summed E-state index contributed by atoms with van der Waals surface area (Å²) in [6.45, 7) is 4.12. The molecule has 0 aliphatic rings. The van der Waals surface area contributed by atoms with Crippen LogP contribution in [0.5, 0.6) is 0 Å². The minimum Gasteiger partial charge on any atom is -0.395 e. The van der Waals surface area contributed by atoms with Crippen molar-refractivity contribution in [1.82, 2.24) is 10.1 Å².